The van der Waals surface area contributed by atoms with E-state index in [1.165, 1.54) is 5.69 Å². The van der Waals surface area contributed by atoms with Crippen LogP contribution in [0.5, 0.6) is 0 Å². The van der Waals surface area contributed by atoms with Crippen LogP contribution in [0.4, 0.5) is 5.69 Å². The van der Waals surface area contributed by atoms with Gasteiger partial charge in [0.2, 0.25) is 0 Å². The van der Waals surface area contributed by atoms with E-state index in [4.69, 9.17) is 12.6 Å². The molecular formula is C10H12BNO. The molecule has 0 atom stereocenters. The van der Waals surface area contributed by atoms with Crippen LogP contribution in [-0.2, 0) is 4.74 Å². The molecule has 0 N–H and O–H groups in total. The van der Waals surface area contributed by atoms with Crippen molar-refractivity contribution in [1.82, 2.24) is 0 Å². The first-order chi connectivity index (χ1) is 6.36. The van der Waals surface area contributed by atoms with Crippen molar-refractivity contribution in [3.05, 3.63) is 24.3 Å². The van der Waals surface area contributed by atoms with Gasteiger partial charge in [0.15, 0.2) is 0 Å². The molecule has 0 saturated carbocycles. The normalized spacial score (nSPS) is 17.4. The highest BCUT2D eigenvalue weighted by Gasteiger charge is 2.09. The van der Waals surface area contributed by atoms with E-state index in [-0.39, 0.29) is 0 Å². The maximum absolute atomic E-state index is 5.61. The average Bonchev–Trinajstić information content (AvgIpc) is 2.20. The second-order valence-electron chi connectivity index (χ2n) is 3.19. The van der Waals surface area contributed by atoms with Crippen molar-refractivity contribution in [1.29, 1.82) is 0 Å². The fraction of sp³-hybridized carbons (Fsp3) is 0.400. The average molecular weight is 173 g/mol. The summed E-state index contributed by atoms with van der Waals surface area (Å²) in [4.78, 5) is 2.31. The molecule has 66 valence electrons. The number of anilines is 1. The second kappa shape index (κ2) is 3.84. The number of morpholine rings is 1. The molecule has 1 heterocycles. The van der Waals surface area contributed by atoms with Crippen molar-refractivity contribution < 1.29 is 4.74 Å². The summed E-state index contributed by atoms with van der Waals surface area (Å²) in [6.07, 6.45) is 0. The summed E-state index contributed by atoms with van der Waals surface area (Å²) in [7, 11) is 5.61. The summed E-state index contributed by atoms with van der Waals surface area (Å²) >= 11 is 0. The quantitative estimate of drug-likeness (QED) is 0.567. The highest BCUT2D eigenvalue weighted by Crippen LogP contribution is 2.13. The first-order valence-corrected chi connectivity index (χ1v) is 4.54. The van der Waals surface area contributed by atoms with Gasteiger partial charge in [-0.25, -0.2) is 0 Å². The van der Waals surface area contributed by atoms with Gasteiger partial charge in [0.25, 0.3) is 0 Å². The molecule has 0 aliphatic carbocycles. The van der Waals surface area contributed by atoms with Crippen LogP contribution < -0.4 is 10.4 Å². The fourth-order valence-electron chi connectivity index (χ4n) is 1.51. The van der Waals surface area contributed by atoms with Gasteiger partial charge in [0, 0.05) is 18.8 Å². The molecule has 1 aliphatic rings. The third kappa shape index (κ3) is 2.04. The van der Waals surface area contributed by atoms with Crippen LogP contribution in [0.15, 0.2) is 24.3 Å². The predicted octanol–water partition coefficient (Wildman–Crippen LogP) is 0.317. The third-order valence-corrected chi connectivity index (χ3v) is 2.27. The van der Waals surface area contributed by atoms with Crippen LogP contribution >= 0.6 is 0 Å². The van der Waals surface area contributed by atoms with E-state index < -0.39 is 0 Å². The molecule has 0 aromatic heterocycles. The van der Waals surface area contributed by atoms with Gasteiger partial charge in [-0.15, -0.1) is 0 Å². The maximum atomic E-state index is 5.61. The van der Waals surface area contributed by atoms with Crippen molar-refractivity contribution in [3.63, 3.8) is 0 Å². The molecule has 0 unspecified atom stereocenters. The zero-order valence-corrected chi connectivity index (χ0v) is 7.57. The van der Waals surface area contributed by atoms with Crippen LogP contribution in [-0.4, -0.2) is 34.1 Å². The summed E-state index contributed by atoms with van der Waals surface area (Å²) in [6.45, 7) is 3.60. The fourth-order valence-corrected chi connectivity index (χ4v) is 1.51. The lowest BCUT2D eigenvalue weighted by atomic mass is 9.96. The summed E-state index contributed by atoms with van der Waals surface area (Å²) in [5.74, 6) is 0. The third-order valence-electron chi connectivity index (χ3n) is 2.27. The Morgan fingerprint density at radius 1 is 1.08 bits per heavy atom. The summed E-state index contributed by atoms with van der Waals surface area (Å²) < 4.78 is 5.28. The van der Waals surface area contributed by atoms with E-state index >= 15 is 0 Å². The van der Waals surface area contributed by atoms with E-state index in [1.807, 2.05) is 12.1 Å². The molecule has 2 radical (unpaired) electrons. The molecule has 3 heteroatoms. The molecule has 1 saturated heterocycles. The molecule has 1 aromatic carbocycles. The second-order valence-corrected chi connectivity index (χ2v) is 3.19. The summed E-state index contributed by atoms with van der Waals surface area (Å²) in [6, 6.07) is 7.98. The lowest BCUT2D eigenvalue weighted by Gasteiger charge is -2.28. The largest absolute Gasteiger partial charge is 0.378 e. The Labute approximate surface area is 79.9 Å². The standard InChI is InChI=1S/C10H12BNO/c11-9-1-3-10(4-2-9)12-5-7-13-8-6-12/h1-4H,5-8H2. The SMILES string of the molecule is [B]c1ccc(N2CCOCC2)cc1. The Bertz CT molecular complexity index is 267. The molecular weight excluding hydrogens is 161 g/mol. The number of hydrogen-bond donors (Lipinski definition) is 0. The van der Waals surface area contributed by atoms with E-state index in [2.05, 4.69) is 17.0 Å². The topological polar surface area (TPSA) is 12.5 Å². The highest BCUT2D eigenvalue weighted by atomic mass is 16.5. The van der Waals surface area contributed by atoms with E-state index in [9.17, 15) is 0 Å². The molecule has 0 amide bonds. The van der Waals surface area contributed by atoms with Crippen LogP contribution in [0.1, 0.15) is 0 Å². The Balaban J connectivity index is 2.10. The van der Waals surface area contributed by atoms with Crippen molar-refractivity contribution in [2.45, 2.75) is 0 Å². The number of benzene rings is 1. The Morgan fingerprint density at radius 2 is 1.69 bits per heavy atom. The number of hydrogen-bond acceptors (Lipinski definition) is 2. The van der Waals surface area contributed by atoms with Crippen LogP contribution in [0.2, 0.25) is 0 Å². The van der Waals surface area contributed by atoms with Crippen LogP contribution in [0, 0.1) is 0 Å². The zero-order chi connectivity index (χ0) is 9.10. The highest BCUT2D eigenvalue weighted by molar-refractivity contribution is 6.32. The molecule has 13 heavy (non-hydrogen) atoms. The predicted molar refractivity (Wildman–Crippen MR) is 54.9 cm³/mol. The van der Waals surface area contributed by atoms with Gasteiger partial charge in [-0.3, -0.25) is 0 Å². The number of ether oxygens (including phenoxy) is 1. The van der Waals surface area contributed by atoms with Gasteiger partial charge in [0.05, 0.1) is 13.2 Å². The van der Waals surface area contributed by atoms with E-state index in [0.29, 0.717) is 0 Å². The van der Waals surface area contributed by atoms with E-state index in [1.54, 1.807) is 0 Å². The Morgan fingerprint density at radius 3 is 2.31 bits per heavy atom. The van der Waals surface area contributed by atoms with Gasteiger partial charge in [-0.1, -0.05) is 17.6 Å². The minimum absolute atomic E-state index is 0.817. The maximum Gasteiger partial charge on any atom is 0.113 e. The Kier molecular flexibility index (Phi) is 2.55. The molecule has 0 spiro atoms. The van der Waals surface area contributed by atoms with Crippen LogP contribution in [0.25, 0.3) is 0 Å². The van der Waals surface area contributed by atoms with Gasteiger partial charge >= 0.3 is 0 Å². The molecule has 2 nitrogen and oxygen atoms in total. The van der Waals surface area contributed by atoms with E-state index in [0.717, 1.165) is 31.8 Å². The minimum atomic E-state index is 0.817. The monoisotopic (exact) mass is 173 g/mol. The lowest BCUT2D eigenvalue weighted by molar-refractivity contribution is 0.122. The smallest absolute Gasteiger partial charge is 0.113 e. The Hall–Kier alpha value is -0.955. The number of nitrogens with zero attached hydrogens (tertiary/aromatic N) is 1. The van der Waals surface area contributed by atoms with Gasteiger partial charge < -0.3 is 9.64 Å². The number of rotatable bonds is 1. The van der Waals surface area contributed by atoms with Gasteiger partial charge in [-0.2, -0.15) is 0 Å². The van der Waals surface area contributed by atoms with Crippen molar-refractivity contribution in [2.24, 2.45) is 0 Å². The summed E-state index contributed by atoms with van der Waals surface area (Å²) in [5.41, 5.74) is 2.05. The van der Waals surface area contributed by atoms with Crippen molar-refractivity contribution in [2.75, 3.05) is 31.2 Å². The lowest BCUT2D eigenvalue weighted by Crippen LogP contribution is -2.36. The molecule has 2 rings (SSSR count). The summed E-state index contributed by atoms with van der Waals surface area (Å²) in [5, 5.41) is 0. The van der Waals surface area contributed by atoms with Crippen molar-refractivity contribution in [3.8, 4) is 0 Å². The van der Waals surface area contributed by atoms with Crippen LogP contribution in [0.3, 0.4) is 0 Å². The molecule has 1 fully saturated rings. The minimum Gasteiger partial charge on any atom is -0.378 e. The molecule has 1 aromatic rings. The van der Waals surface area contributed by atoms with Gasteiger partial charge in [0.1, 0.15) is 7.85 Å². The van der Waals surface area contributed by atoms with Gasteiger partial charge in [-0.05, 0) is 12.1 Å². The molecule has 0 bridgehead atoms. The van der Waals surface area contributed by atoms with Crippen molar-refractivity contribution >= 4 is 19.0 Å². The first kappa shape index (κ1) is 8.63. The first-order valence-electron chi connectivity index (χ1n) is 4.54. The molecule has 1 aliphatic heterocycles. The zero-order valence-electron chi connectivity index (χ0n) is 7.57.